The third kappa shape index (κ3) is 6.13. The Balaban J connectivity index is 0.00000400. The Labute approximate surface area is 250 Å². The van der Waals surface area contributed by atoms with Crippen molar-refractivity contribution >= 4 is 67.1 Å². The topological polar surface area (TPSA) is 140 Å². The molecule has 2 N–H and O–H groups in total. The minimum absolute atomic E-state index is 0. The zero-order valence-electron chi connectivity index (χ0n) is 20.3. The molecule has 9 nitrogen and oxygen atoms in total. The summed E-state index contributed by atoms with van der Waals surface area (Å²) in [5.41, 5.74) is 0.392. The number of benzene rings is 4. The van der Waals surface area contributed by atoms with E-state index in [1.165, 1.54) is 32.2 Å². The van der Waals surface area contributed by atoms with Crippen LogP contribution in [0.25, 0.3) is 10.8 Å². The molecule has 1 amide bonds. The Morgan fingerprint density at radius 1 is 1.05 bits per heavy atom. The zero-order chi connectivity index (χ0) is 26.9. The second kappa shape index (κ2) is 12.0. The summed E-state index contributed by atoms with van der Waals surface area (Å²) in [4.78, 5) is 12.6. The first kappa shape index (κ1) is 29.9. The van der Waals surface area contributed by atoms with Gasteiger partial charge in [0.25, 0.3) is 16.0 Å². The number of hydrogen-bond acceptors (Lipinski definition) is 7. The van der Waals surface area contributed by atoms with Crippen molar-refractivity contribution in [1.29, 1.82) is 0 Å². The minimum Gasteiger partial charge on any atom is -0.870 e. The minimum atomic E-state index is -4.54. The van der Waals surface area contributed by atoms with Gasteiger partial charge in [-0.05, 0) is 48.2 Å². The van der Waals surface area contributed by atoms with Crippen molar-refractivity contribution in [2.75, 3.05) is 12.4 Å². The maximum absolute atomic E-state index is 13.4. The Kier molecular flexibility index (Phi) is 9.43. The summed E-state index contributed by atoms with van der Waals surface area (Å²) >= 11 is 12.3. The van der Waals surface area contributed by atoms with Crippen molar-refractivity contribution in [3.63, 3.8) is 0 Å². The van der Waals surface area contributed by atoms with Crippen molar-refractivity contribution in [3.05, 3.63) is 81.8 Å². The van der Waals surface area contributed by atoms with Crippen LogP contribution in [-0.4, -0.2) is 26.0 Å². The third-order valence-corrected chi connectivity index (χ3v) is 7.31. The molecule has 0 aliphatic rings. The number of rotatable bonds is 6. The number of nitrogens with one attached hydrogen (secondary N) is 1. The Bertz CT molecular complexity index is 1700. The van der Waals surface area contributed by atoms with E-state index in [0.717, 1.165) is 6.07 Å². The molecule has 0 atom stereocenters. The number of hydrogen-bond donors (Lipinski definition) is 2. The number of carbonyl (C=O) groups is 1. The second-order valence-corrected chi connectivity index (χ2v) is 9.99. The number of nitrogens with zero attached hydrogens (tertiary/aromatic N) is 2. The first-order chi connectivity index (χ1) is 17.5. The summed E-state index contributed by atoms with van der Waals surface area (Å²) in [6, 6.07) is 15.3. The van der Waals surface area contributed by atoms with Gasteiger partial charge in [-0.3, -0.25) is 9.35 Å². The molecule has 38 heavy (non-hydrogen) atoms. The van der Waals surface area contributed by atoms with E-state index in [1.807, 2.05) is 0 Å². The molecule has 4 rings (SSSR count). The number of methoxy groups -OCH3 is 1. The van der Waals surface area contributed by atoms with E-state index < -0.39 is 26.7 Å². The monoisotopic (exact) mass is 581 g/mol. The molecule has 0 aliphatic carbocycles. The largest absolute Gasteiger partial charge is 1.00 e. The van der Waals surface area contributed by atoms with Crippen LogP contribution < -0.4 is 44.7 Å². The standard InChI is InChI=1S/C25H19Cl2N3O6S.Na/c1-13-19(9-10-21(22(13)27)37(33,34)35)29-30-23-16-6-4-3-5-14(16)11-17(24(23)31)25(32)28-20-8-7-15(36-2)12-18(20)26;/h3-12,31H,1-2H3,(H,28,32)(H,33,34,35);/q;+1/p-1. The van der Waals surface area contributed by atoms with Gasteiger partial charge in [0, 0.05) is 17.0 Å². The van der Waals surface area contributed by atoms with Crippen molar-refractivity contribution in [3.8, 4) is 11.5 Å². The molecular formula is C25H18Cl2N3NaO6S. The number of ether oxygens (including phenoxy) is 1. The van der Waals surface area contributed by atoms with Gasteiger partial charge in [-0.25, -0.2) is 0 Å². The summed E-state index contributed by atoms with van der Waals surface area (Å²) in [6.07, 6.45) is 0. The average molecular weight is 582 g/mol. The number of anilines is 1. The van der Waals surface area contributed by atoms with Gasteiger partial charge in [0.15, 0.2) is 0 Å². The maximum atomic E-state index is 13.4. The fourth-order valence-corrected chi connectivity index (χ4v) is 4.84. The van der Waals surface area contributed by atoms with E-state index >= 15 is 0 Å². The molecule has 190 valence electrons. The fourth-order valence-electron chi connectivity index (χ4n) is 3.55. The van der Waals surface area contributed by atoms with Crippen LogP contribution in [0.2, 0.25) is 10.0 Å². The Morgan fingerprint density at radius 2 is 1.76 bits per heavy atom. The average Bonchev–Trinajstić information content (AvgIpc) is 2.85. The molecule has 0 spiro atoms. The van der Waals surface area contributed by atoms with Crippen LogP contribution in [-0.2, 0) is 10.1 Å². The Morgan fingerprint density at radius 3 is 2.42 bits per heavy atom. The van der Waals surface area contributed by atoms with Crippen LogP contribution in [0.3, 0.4) is 0 Å². The van der Waals surface area contributed by atoms with Crippen LogP contribution in [0, 0.1) is 6.92 Å². The van der Waals surface area contributed by atoms with Crippen LogP contribution >= 0.6 is 23.2 Å². The quantitative estimate of drug-likeness (QED) is 0.203. The van der Waals surface area contributed by atoms with Crippen LogP contribution in [0.5, 0.6) is 11.5 Å². The molecule has 0 aliphatic heterocycles. The number of amides is 1. The summed E-state index contributed by atoms with van der Waals surface area (Å²) < 4.78 is 37.4. The van der Waals surface area contributed by atoms with Gasteiger partial charge in [-0.15, -0.1) is 0 Å². The normalized spacial score (nSPS) is 11.4. The van der Waals surface area contributed by atoms with E-state index in [0.29, 0.717) is 16.5 Å². The summed E-state index contributed by atoms with van der Waals surface area (Å²) in [7, 11) is -3.06. The van der Waals surface area contributed by atoms with Gasteiger partial charge in [0.05, 0.1) is 34.2 Å². The number of azo groups is 1. The van der Waals surface area contributed by atoms with Crippen molar-refractivity contribution in [1.82, 2.24) is 0 Å². The summed E-state index contributed by atoms with van der Waals surface area (Å²) in [5, 5.41) is 25.2. The molecule has 0 saturated carbocycles. The van der Waals surface area contributed by atoms with E-state index in [9.17, 15) is 22.9 Å². The molecular weight excluding hydrogens is 564 g/mol. The number of carbonyl (C=O) groups excluding carboxylic acids is 1. The van der Waals surface area contributed by atoms with Crippen molar-refractivity contribution in [2.45, 2.75) is 11.8 Å². The van der Waals surface area contributed by atoms with Crippen molar-refractivity contribution < 1.29 is 57.2 Å². The third-order valence-electron chi connectivity index (χ3n) is 5.50. The van der Waals surface area contributed by atoms with E-state index in [4.69, 9.17) is 27.9 Å². The van der Waals surface area contributed by atoms with E-state index in [2.05, 4.69) is 15.5 Å². The molecule has 4 aromatic rings. The summed E-state index contributed by atoms with van der Waals surface area (Å²) in [5.74, 6) is -0.875. The van der Waals surface area contributed by atoms with Gasteiger partial charge in [-0.2, -0.15) is 18.6 Å². The fraction of sp³-hybridized carbons (Fsp3) is 0.0800. The second-order valence-electron chi connectivity index (χ2n) is 7.82. The first-order valence-corrected chi connectivity index (χ1v) is 12.8. The molecule has 0 heterocycles. The molecule has 4 aromatic carbocycles. The molecule has 0 bridgehead atoms. The molecule has 13 heteroatoms. The van der Waals surface area contributed by atoms with Crippen LogP contribution in [0.1, 0.15) is 15.9 Å². The van der Waals surface area contributed by atoms with Crippen molar-refractivity contribution in [2.24, 2.45) is 10.2 Å². The molecule has 0 fully saturated rings. The SMILES string of the molecule is COc1ccc(NC(=O)c2cc3ccccc3c(N=Nc3ccc(S(=O)(=O)O)c(Cl)c3C)c2[O-])c(Cl)c1.[Na+]. The number of fused-ring (bicyclic) bond motifs is 1. The number of halogens is 2. The predicted octanol–water partition coefficient (Wildman–Crippen LogP) is 3.46. The predicted molar refractivity (Wildman–Crippen MR) is 140 cm³/mol. The Hall–Kier alpha value is -2.70. The van der Waals surface area contributed by atoms with Gasteiger partial charge < -0.3 is 15.2 Å². The van der Waals surface area contributed by atoms with Gasteiger partial charge in [-0.1, -0.05) is 53.2 Å². The van der Waals surface area contributed by atoms with Gasteiger partial charge in [0.2, 0.25) is 0 Å². The summed E-state index contributed by atoms with van der Waals surface area (Å²) in [6.45, 7) is 1.49. The van der Waals surface area contributed by atoms with Gasteiger partial charge in [0.1, 0.15) is 10.6 Å². The first-order valence-electron chi connectivity index (χ1n) is 10.6. The molecule has 0 unspecified atom stereocenters. The molecule has 0 saturated heterocycles. The van der Waals surface area contributed by atoms with E-state index in [-0.39, 0.29) is 67.8 Å². The molecule has 0 radical (unpaired) electrons. The van der Waals surface area contributed by atoms with Crippen LogP contribution in [0.15, 0.2) is 75.8 Å². The van der Waals surface area contributed by atoms with Gasteiger partial charge >= 0.3 is 29.6 Å². The smallest absolute Gasteiger partial charge is 0.870 e. The molecule has 0 aromatic heterocycles. The maximum Gasteiger partial charge on any atom is 1.00 e. The zero-order valence-corrected chi connectivity index (χ0v) is 24.6. The van der Waals surface area contributed by atoms with E-state index in [1.54, 1.807) is 36.4 Å². The van der Waals surface area contributed by atoms with Crippen LogP contribution in [0.4, 0.5) is 17.1 Å².